The molecule has 2 N–H and O–H groups in total. The van der Waals surface area contributed by atoms with Crippen LogP contribution in [-0.4, -0.2) is 27.3 Å². The molecule has 0 bridgehead atoms. The normalized spacial score (nSPS) is 10.9. The zero-order valence-electron chi connectivity index (χ0n) is 9.63. The van der Waals surface area contributed by atoms with Gasteiger partial charge in [0.2, 0.25) is 10.0 Å². The van der Waals surface area contributed by atoms with Gasteiger partial charge in [-0.05, 0) is 25.1 Å². The smallest absolute Gasteiger partial charge is 0.236 e. The lowest BCUT2D eigenvalue weighted by atomic mass is 10.2. The molecule has 5 nitrogen and oxygen atoms in total. The maximum Gasteiger partial charge on any atom is 0.236 e. The topological polar surface area (TPSA) is 87.2 Å². The minimum Gasteiger partial charge on any atom is -0.329 e. The molecule has 0 saturated heterocycles. The fourth-order valence-corrected chi connectivity index (χ4v) is 2.88. The largest absolute Gasteiger partial charge is 0.329 e. The van der Waals surface area contributed by atoms with E-state index in [-0.39, 0.29) is 12.3 Å². The van der Waals surface area contributed by atoms with E-state index in [1.54, 1.807) is 31.2 Å². The molecular formula is C11H15N3O2S. The molecule has 0 radical (unpaired) electrons. The van der Waals surface area contributed by atoms with Crippen molar-refractivity contribution in [3.8, 4) is 6.07 Å². The fourth-order valence-electron chi connectivity index (χ4n) is 1.53. The van der Waals surface area contributed by atoms with Gasteiger partial charge in [0.15, 0.2) is 0 Å². The first kappa shape index (κ1) is 13.5. The van der Waals surface area contributed by atoms with Gasteiger partial charge < -0.3 is 5.73 Å². The van der Waals surface area contributed by atoms with Gasteiger partial charge in [0.1, 0.15) is 0 Å². The summed E-state index contributed by atoms with van der Waals surface area (Å²) in [5, 5.41) is 8.78. The van der Waals surface area contributed by atoms with Crippen molar-refractivity contribution in [1.29, 1.82) is 5.26 Å². The van der Waals surface area contributed by atoms with Crippen molar-refractivity contribution in [2.45, 2.75) is 6.92 Å². The van der Waals surface area contributed by atoms with Gasteiger partial charge in [-0.25, -0.2) is 8.42 Å². The molecule has 1 aromatic carbocycles. The quantitative estimate of drug-likeness (QED) is 0.835. The molecule has 1 rings (SSSR count). The first-order valence-corrected chi connectivity index (χ1v) is 6.86. The summed E-state index contributed by atoms with van der Waals surface area (Å²) < 4.78 is 25.1. The molecule has 0 unspecified atom stereocenters. The van der Waals surface area contributed by atoms with Crippen molar-refractivity contribution in [2.24, 2.45) is 5.73 Å². The maximum atomic E-state index is 11.9. The van der Waals surface area contributed by atoms with Crippen LogP contribution in [0.2, 0.25) is 0 Å². The second-order valence-electron chi connectivity index (χ2n) is 3.43. The number of nitrogens with two attached hydrogens (primary N) is 1. The summed E-state index contributed by atoms with van der Waals surface area (Å²) >= 11 is 0. The highest BCUT2D eigenvalue weighted by atomic mass is 32.2. The standard InChI is InChI=1S/C11H15N3O2S/c1-2-14(17(15,16)7-6-12)11-5-3-4-10(8-11)9-13/h3-5,8H,2,6-7,12H2,1H3. The van der Waals surface area contributed by atoms with Crippen molar-refractivity contribution < 1.29 is 8.42 Å². The Balaban J connectivity index is 3.14. The van der Waals surface area contributed by atoms with Crippen LogP contribution in [0.5, 0.6) is 0 Å². The molecule has 17 heavy (non-hydrogen) atoms. The van der Waals surface area contributed by atoms with Gasteiger partial charge in [0.25, 0.3) is 0 Å². The van der Waals surface area contributed by atoms with Crippen LogP contribution in [0.3, 0.4) is 0 Å². The predicted molar refractivity (Wildman–Crippen MR) is 67.0 cm³/mol. The molecule has 0 fully saturated rings. The van der Waals surface area contributed by atoms with E-state index in [0.29, 0.717) is 17.8 Å². The number of rotatable bonds is 5. The lowest BCUT2D eigenvalue weighted by Gasteiger charge is -2.22. The highest BCUT2D eigenvalue weighted by Gasteiger charge is 2.20. The summed E-state index contributed by atoms with van der Waals surface area (Å²) in [5.41, 5.74) is 6.22. The van der Waals surface area contributed by atoms with Crippen molar-refractivity contribution in [1.82, 2.24) is 0 Å². The van der Waals surface area contributed by atoms with E-state index in [1.165, 1.54) is 4.31 Å². The number of hydrogen-bond acceptors (Lipinski definition) is 4. The maximum absolute atomic E-state index is 11.9. The van der Waals surface area contributed by atoms with E-state index in [4.69, 9.17) is 11.0 Å². The molecule has 0 aliphatic heterocycles. The third-order valence-corrected chi connectivity index (χ3v) is 4.15. The lowest BCUT2D eigenvalue weighted by Crippen LogP contribution is -2.35. The molecule has 0 aromatic heterocycles. The second kappa shape index (κ2) is 5.66. The molecule has 0 atom stereocenters. The van der Waals surface area contributed by atoms with Gasteiger partial charge in [-0.3, -0.25) is 4.31 Å². The average Bonchev–Trinajstić information content (AvgIpc) is 2.29. The Hall–Kier alpha value is -1.58. The minimum atomic E-state index is -3.40. The van der Waals surface area contributed by atoms with Gasteiger partial charge >= 0.3 is 0 Å². The van der Waals surface area contributed by atoms with E-state index in [9.17, 15) is 8.42 Å². The summed E-state index contributed by atoms with van der Waals surface area (Å²) in [4.78, 5) is 0. The molecular weight excluding hydrogens is 238 g/mol. The van der Waals surface area contributed by atoms with Gasteiger partial charge in [-0.2, -0.15) is 5.26 Å². The van der Waals surface area contributed by atoms with Gasteiger partial charge in [0.05, 0.1) is 23.1 Å². The van der Waals surface area contributed by atoms with Crippen LogP contribution < -0.4 is 10.0 Å². The highest BCUT2D eigenvalue weighted by Crippen LogP contribution is 2.19. The Kier molecular flexibility index (Phi) is 4.49. The molecule has 6 heteroatoms. The average molecular weight is 253 g/mol. The van der Waals surface area contributed by atoms with E-state index in [2.05, 4.69) is 0 Å². The van der Waals surface area contributed by atoms with Crippen molar-refractivity contribution in [3.05, 3.63) is 29.8 Å². The minimum absolute atomic E-state index is 0.0801. The van der Waals surface area contributed by atoms with Crippen LogP contribution in [0.25, 0.3) is 0 Å². The second-order valence-corrected chi connectivity index (χ2v) is 5.44. The molecule has 0 aliphatic rings. The number of anilines is 1. The molecule has 0 amide bonds. The van der Waals surface area contributed by atoms with Crippen LogP contribution >= 0.6 is 0 Å². The number of hydrogen-bond donors (Lipinski definition) is 1. The van der Waals surface area contributed by atoms with E-state index in [1.807, 2.05) is 6.07 Å². The van der Waals surface area contributed by atoms with Crippen LogP contribution in [0.15, 0.2) is 24.3 Å². The van der Waals surface area contributed by atoms with Crippen LogP contribution in [0, 0.1) is 11.3 Å². The summed E-state index contributed by atoms with van der Waals surface area (Å²) in [5.74, 6) is -0.0996. The zero-order chi connectivity index (χ0) is 12.9. The Bertz CT molecular complexity index is 520. The Morgan fingerprint density at radius 1 is 1.47 bits per heavy atom. The van der Waals surface area contributed by atoms with E-state index >= 15 is 0 Å². The first-order valence-electron chi connectivity index (χ1n) is 5.25. The van der Waals surface area contributed by atoms with Crippen molar-refractivity contribution >= 4 is 15.7 Å². The molecule has 0 spiro atoms. The van der Waals surface area contributed by atoms with Gasteiger partial charge in [-0.15, -0.1) is 0 Å². The molecule has 1 aromatic rings. The van der Waals surface area contributed by atoms with Gasteiger partial charge in [-0.1, -0.05) is 6.07 Å². The van der Waals surface area contributed by atoms with E-state index in [0.717, 1.165) is 0 Å². The number of nitrogens with zero attached hydrogens (tertiary/aromatic N) is 2. The van der Waals surface area contributed by atoms with Crippen molar-refractivity contribution in [3.63, 3.8) is 0 Å². The van der Waals surface area contributed by atoms with Crippen LogP contribution in [0.1, 0.15) is 12.5 Å². The number of sulfonamides is 1. The number of benzene rings is 1. The highest BCUT2D eigenvalue weighted by molar-refractivity contribution is 7.92. The predicted octanol–water partition coefficient (Wildman–Crippen LogP) is 0.673. The zero-order valence-corrected chi connectivity index (χ0v) is 10.4. The number of nitriles is 1. The summed E-state index contributed by atoms with van der Waals surface area (Å²) in [6.45, 7) is 2.14. The third-order valence-electron chi connectivity index (χ3n) is 2.26. The first-order chi connectivity index (χ1) is 8.05. The SMILES string of the molecule is CCN(c1cccc(C#N)c1)S(=O)(=O)CCN. The summed E-state index contributed by atoms with van der Waals surface area (Å²) in [7, 11) is -3.40. The van der Waals surface area contributed by atoms with Crippen molar-refractivity contribution in [2.75, 3.05) is 23.1 Å². The Morgan fingerprint density at radius 3 is 2.71 bits per heavy atom. The lowest BCUT2D eigenvalue weighted by molar-refractivity contribution is 0.591. The molecule has 0 heterocycles. The van der Waals surface area contributed by atoms with Crippen LogP contribution in [0.4, 0.5) is 5.69 Å². The summed E-state index contributed by atoms with van der Waals surface area (Å²) in [6, 6.07) is 8.49. The van der Waals surface area contributed by atoms with Crippen LogP contribution in [-0.2, 0) is 10.0 Å². The van der Waals surface area contributed by atoms with E-state index < -0.39 is 10.0 Å². The Labute approximate surface area is 102 Å². The summed E-state index contributed by atoms with van der Waals surface area (Å²) in [6.07, 6.45) is 0. The van der Waals surface area contributed by atoms with Gasteiger partial charge in [0, 0.05) is 13.1 Å². The Morgan fingerprint density at radius 2 is 2.18 bits per heavy atom. The fraction of sp³-hybridized carbons (Fsp3) is 0.364. The monoisotopic (exact) mass is 253 g/mol. The molecule has 0 saturated carbocycles. The molecule has 0 aliphatic carbocycles. The third kappa shape index (κ3) is 3.19. The molecule has 92 valence electrons.